The van der Waals surface area contributed by atoms with Gasteiger partial charge in [-0.2, -0.15) is 0 Å². The van der Waals surface area contributed by atoms with Crippen molar-refractivity contribution in [1.82, 2.24) is 15.5 Å². The van der Waals surface area contributed by atoms with Gasteiger partial charge >= 0.3 is 0 Å². The fourth-order valence-electron chi connectivity index (χ4n) is 3.50. The minimum Gasteiger partial charge on any atom is -0.484 e. The van der Waals surface area contributed by atoms with E-state index in [2.05, 4.69) is 24.5 Å². The van der Waals surface area contributed by atoms with Crippen LogP contribution in [0.2, 0.25) is 0 Å². The van der Waals surface area contributed by atoms with Gasteiger partial charge in [-0.25, -0.2) is 0 Å². The Balaban J connectivity index is 1.74. The van der Waals surface area contributed by atoms with Crippen molar-refractivity contribution in [3.8, 4) is 5.75 Å². The number of methoxy groups -OCH3 is 1. The fourth-order valence-corrected chi connectivity index (χ4v) is 3.50. The van der Waals surface area contributed by atoms with E-state index in [-0.39, 0.29) is 30.5 Å². The summed E-state index contributed by atoms with van der Waals surface area (Å²) in [5, 5.41) is 6.02. The molecule has 7 nitrogen and oxygen atoms in total. The van der Waals surface area contributed by atoms with Gasteiger partial charge in [-0.3, -0.25) is 9.59 Å². The lowest BCUT2D eigenvalue weighted by atomic mass is 9.97. The van der Waals surface area contributed by atoms with Crippen molar-refractivity contribution >= 4 is 11.8 Å². The van der Waals surface area contributed by atoms with Gasteiger partial charge in [0.2, 0.25) is 0 Å². The number of ether oxygens (including phenoxy) is 2. The number of benzene rings is 1. The second kappa shape index (κ2) is 11.7. The van der Waals surface area contributed by atoms with Crippen molar-refractivity contribution < 1.29 is 19.1 Å². The second-order valence-electron chi connectivity index (χ2n) is 7.24. The van der Waals surface area contributed by atoms with Gasteiger partial charge in [0.15, 0.2) is 6.61 Å². The van der Waals surface area contributed by atoms with Crippen molar-refractivity contribution in [2.75, 3.05) is 40.0 Å². The van der Waals surface area contributed by atoms with Gasteiger partial charge in [-0.1, -0.05) is 0 Å². The van der Waals surface area contributed by atoms with E-state index < -0.39 is 0 Å². The monoisotopic (exact) mass is 391 g/mol. The van der Waals surface area contributed by atoms with Crippen molar-refractivity contribution in [3.63, 3.8) is 0 Å². The highest BCUT2D eigenvalue weighted by Crippen LogP contribution is 2.22. The van der Waals surface area contributed by atoms with Crippen LogP contribution in [0.3, 0.4) is 0 Å². The summed E-state index contributed by atoms with van der Waals surface area (Å²) in [6.07, 6.45) is 3.25. The van der Waals surface area contributed by atoms with E-state index >= 15 is 0 Å². The summed E-state index contributed by atoms with van der Waals surface area (Å²) >= 11 is 0. The molecule has 0 radical (unpaired) electrons. The average Bonchev–Trinajstić information content (AvgIpc) is 2.69. The van der Waals surface area contributed by atoms with Crippen LogP contribution in [0.4, 0.5) is 0 Å². The van der Waals surface area contributed by atoms with Crippen LogP contribution in [-0.2, 0) is 9.53 Å². The van der Waals surface area contributed by atoms with Crippen LogP contribution >= 0.6 is 0 Å². The Morgan fingerprint density at radius 3 is 2.39 bits per heavy atom. The number of nitrogens with one attached hydrogen (secondary N) is 2. The van der Waals surface area contributed by atoms with Gasteiger partial charge in [-0.15, -0.1) is 0 Å². The van der Waals surface area contributed by atoms with Crippen molar-refractivity contribution in [2.24, 2.45) is 0 Å². The molecule has 1 heterocycles. The van der Waals surface area contributed by atoms with Crippen molar-refractivity contribution in [3.05, 3.63) is 29.8 Å². The lowest BCUT2D eigenvalue weighted by Gasteiger charge is -2.38. The highest BCUT2D eigenvalue weighted by Gasteiger charge is 2.28. The third kappa shape index (κ3) is 6.80. The Labute approximate surface area is 167 Å². The molecule has 2 unspecified atom stereocenters. The van der Waals surface area contributed by atoms with Crippen LogP contribution in [0.25, 0.3) is 0 Å². The minimum atomic E-state index is -0.132. The molecule has 0 saturated carbocycles. The van der Waals surface area contributed by atoms with Crippen LogP contribution in [0.15, 0.2) is 24.3 Å². The lowest BCUT2D eigenvalue weighted by Crippen LogP contribution is -2.49. The van der Waals surface area contributed by atoms with Gasteiger partial charge in [0.25, 0.3) is 11.8 Å². The van der Waals surface area contributed by atoms with Crippen LogP contribution in [0.5, 0.6) is 5.75 Å². The van der Waals surface area contributed by atoms with Gasteiger partial charge in [0.1, 0.15) is 5.75 Å². The Kier molecular flexibility index (Phi) is 9.23. The molecule has 2 N–H and O–H groups in total. The lowest BCUT2D eigenvalue weighted by molar-refractivity contribution is -0.139. The summed E-state index contributed by atoms with van der Waals surface area (Å²) in [7, 11) is 1.65. The molecule has 0 aromatic heterocycles. The highest BCUT2D eigenvalue weighted by molar-refractivity contribution is 5.94. The quantitative estimate of drug-likeness (QED) is 0.595. The number of hydrogen-bond acceptors (Lipinski definition) is 5. The molecule has 0 bridgehead atoms. The molecule has 1 aliphatic heterocycles. The first kappa shape index (κ1) is 22.2. The minimum absolute atomic E-state index is 0.0162. The highest BCUT2D eigenvalue weighted by atomic mass is 16.5. The third-order valence-corrected chi connectivity index (χ3v) is 5.03. The first-order valence-corrected chi connectivity index (χ1v) is 10.0. The predicted molar refractivity (Wildman–Crippen MR) is 109 cm³/mol. The standard InChI is InChI=1S/C21H33N3O4/c1-16-5-4-6-17(2)24(16)20(25)15-28-19-9-7-18(8-10-19)21(26)23-12-11-22-13-14-27-3/h7-10,16-17,22H,4-6,11-15H2,1-3H3,(H,23,26). The maximum absolute atomic E-state index is 12.5. The van der Waals surface area contributed by atoms with Gasteiger partial charge < -0.3 is 25.0 Å². The van der Waals surface area contributed by atoms with Gasteiger partial charge in [0, 0.05) is 44.4 Å². The zero-order valence-corrected chi connectivity index (χ0v) is 17.2. The summed E-state index contributed by atoms with van der Waals surface area (Å²) in [6, 6.07) is 7.38. The molecule has 1 fully saturated rings. The molecule has 1 aromatic rings. The summed E-state index contributed by atoms with van der Waals surface area (Å²) in [6.45, 7) is 6.84. The molecule has 1 aliphatic rings. The van der Waals surface area contributed by atoms with E-state index in [4.69, 9.17) is 9.47 Å². The van der Waals surface area contributed by atoms with E-state index in [1.165, 1.54) is 6.42 Å². The molecule has 2 amide bonds. The molecule has 28 heavy (non-hydrogen) atoms. The fraction of sp³-hybridized carbons (Fsp3) is 0.619. The molecule has 1 aromatic carbocycles. The zero-order chi connectivity index (χ0) is 20.4. The van der Waals surface area contributed by atoms with E-state index in [1.807, 2.05) is 4.90 Å². The normalized spacial score (nSPS) is 19.3. The number of rotatable bonds is 10. The van der Waals surface area contributed by atoms with Crippen molar-refractivity contribution in [1.29, 1.82) is 0 Å². The number of likely N-dealkylation sites (tertiary alicyclic amines) is 1. The van der Waals surface area contributed by atoms with Crippen LogP contribution in [0, 0.1) is 0 Å². The first-order chi connectivity index (χ1) is 13.5. The Morgan fingerprint density at radius 1 is 1.07 bits per heavy atom. The third-order valence-electron chi connectivity index (χ3n) is 5.03. The summed E-state index contributed by atoms with van der Waals surface area (Å²) in [4.78, 5) is 26.6. The topological polar surface area (TPSA) is 79.9 Å². The first-order valence-electron chi connectivity index (χ1n) is 10.0. The number of hydrogen-bond donors (Lipinski definition) is 2. The molecular formula is C21H33N3O4. The van der Waals surface area contributed by atoms with Gasteiger partial charge in [-0.05, 0) is 57.4 Å². The second-order valence-corrected chi connectivity index (χ2v) is 7.24. The SMILES string of the molecule is COCCNCCNC(=O)c1ccc(OCC(=O)N2C(C)CCCC2C)cc1. The van der Waals surface area contributed by atoms with E-state index in [0.29, 0.717) is 31.0 Å². The van der Waals surface area contributed by atoms with E-state index in [0.717, 1.165) is 19.4 Å². The Morgan fingerprint density at radius 2 is 1.75 bits per heavy atom. The molecule has 2 atom stereocenters. The van der Waals surface area contributed by atoms with E-state index in [9.17, 15) is 9.59 Å². The number of nitrogens with zero attached hydrogens (tertiary/aromatic N) is 1. The summed E-state index contributed by atoms with van der Waals surface area (Å²) in [5.74, 6) is 0.470. The smallest absolute Gasteiger partial charge is 0.260 e. The molecule has 156 valence electrons. The zero-order valence-electron chi connectivity index (χ0n) is 17.2. The molecular weight excluding hydrogens is 358 g/mol. The van der Waals surface area contributed by atoms with Crippen molar-refractivity contribution in [2.45, 2.75) is 45.2 Å². The Hall–Kier alpha value is -2.12. The predicted octanol–water partition coefficient (Wildman–Crippen LogP) is 1.82. The molecule has 2 rings (SSSR count). The number of amides is 2. The van der Waals surface area contributed by atoms with Gasteiger partial charge in [0.05, 0.1) is 6.61 Å². The number of piperidine rings is 1. The van der Waals surface area contributed by atoms with Crippen LogP contribution in [-0.4, -0.2) is 68.8 Å². The van der Waals surface area contributed by atoms with E-state index in [1.54, 1.807) is 31.4 Å². The molecule has 0 spiro atoms. The molecule has 1 saturated heterocycles. The van der Waals surface area contributed by atoms with Crippen LogP contribution in [0.1, 0.15) is 43.5 Å². The van der Waals surface area contributed by atoms with Crippen LogP contribution < -0.4 is 15.4 Å². The summed E-state index contributed by atoms with van der Waals surface area (Å²) in [5.41, 5.74) is 0.564. The maximum atomic E-state index is 12.5. The molecule has 7 heteroatoms. The number of carbonyl (C=O) groups is 2. The number of carbonyl (C=O) groups excluding carboxylic acids is 2. The Bertz CT molecular complexity index is 611. The largest absolute Gasteiger partial charge is 0.484 e. The molecule has 0 aliphatic carbocycles. The maximum Gasteiger partial charge on any atom is 0.260 e. The summed E-state index contributed by atoms with van der Waals surface area (Å²) < 4.78 is 10.6. The average molecular weight is 392 g/mol.